The maximum absolute atomic E-state index is 11.2. The molecule has 0 atom stereocenters. The highest BCUT2D eigenvalue weighted by Crippen LogP contribution is 2.12. The van der Waals surface area contributed by atoms with Gasteiger partial charge in [0.25, 0.3) is 0 Å². The SMILES string of the molecule is Cc1cccc(OCCS(=O)(=O)CC#N)c1. The number of rotatable bonds is 5. The first kappa shape index (κ1) is 12.5. The summed E-state index contributed by atoms with van der Waals surface area (Å²) in [5.74, 6) is 0.0609. The molecule has 0 N–H and O–H groups in total. The summed E-state index contributed by atoms with van der Waals surface area (Å²) in [5, 5.41) is 8.28. The fraction of sp³-hybridized carbons (Fsp3) is 0.364. The second-order valence-electron chi connectivity index (χ2n) is 3.42. The van der Waals surface area contributed by atoms with E-state index >= 15 is 0 Å². The maximum Gasteiger partial charge on any atom is 0.166 e. The number of ether oxygens (including phenoxy) is 1. The minimum Gasteiger partial charge on any atom is -0.493 e. The van der Waals surface area contributed by atoms with E-state index in [4.69, 9.17) is 10.00 Å². The number of sulfone groups is 1. The van der Waals surface area contributed by atoms with Crippen molar-refractivity contribution in [1.82, 2.24) is 0 Å². The summed E-state index contributed by atoms with van der Waals surface area (Å²) in [7, 11) is -3.30. The van der Waals surface area contributed by atoms with Gasteiger partial charge >= 0.3 is 0 Å². The lowest BCUT2D eigenvalue weighted by Gasteiger charge is -2.06. The third kappa shape index (κ3) is 4.32. The first-order valence-corrected chi connectivity index (χ1v) is 6.62. The lowest BCUT2D eigenvalue weighted by atomic mass is 10.2. The molecule has 16 heavy (non-hydrogen) atoms. The topological polar surface area (TPSA) is 67.2 Å². The average molecular weight is 239 g/mol. The predicted octanol–water partition coefficient (Wildman–Crippen LogP) is 1.31. The van der Waals surface area contributed by atoms with Crippen LogP contribution in [0.15, 0.2) is 24.3 Å². The Morgan fingerprint density at radius 3 is 2.81 bits per heavy atom. The van der Waals surface area contributed by atoms with Crippen molar-refractivity contribution in [3.8, 4) is 11.8 Å². The second-order valence-corrected chi connectivity index (χ2v) is 5.60. The van der Waals surface area contributed by atoms with E-state index in [0.717, 1.165) is 5.56 Å². The van der Waals surface area contributed by atoms with Gasteiger partial charge in [-0.2, -0.15) is 5.26 Å². The van der Waals surface area contributed by atoms with Gasteiger partial charge in [0.1, 0.15) is 18.1 Å². The number of hydrogen-bond donors (Lipinski definition) is 0. The first-order chi connectivity index (χ1) is 7.53. The normalized spacial score (nSPS) is 10.8. The third-order valence-electron chi connectivity index (χ3n) is 1.94. The highest BCUT2D eigenvalue weighted by Gasteiger charge is 2.09. The molecule has 0 fully saturated rings. The molecular formula is C11H13NO3S. The van der Waals surface area contributed by atoms with Crippen molar-refractivity contribution < 1.29 is 13.2 Å². The molecule has 1 aromatic carbocycles. The third-order valence-corrected chi connectivity index (χ3v) is 3.29. The Labute approximate surface area is 95.4 Å². The van der Waals surface area contributed by atoms with Crippen molar-refractivity contribution in [3.63, 3.8) is 0 Å². The summed E-state index contributed by atoms with van der Waals surface area (Å²) >= 11 is 0. The van der Waals surface area contributed by atoms with Crippen LogP contribution < -0.4 is 4.74 Å². The second kappa shape index (κ2) is 5.52. The molecule has 1 aromatic rings. The van der Waals surface area contributed by atoms with Gasteiger partial charge in [-0.05, 0) is 24.6 Å². The molecule has 0 amide bonds. The number of hydrogen-bond acceptors (Lipinski definition) is 4. The van der Waals surface area contributed by atoms with Crippen LogP contribution in [-0.2, 0) is 9.84 Å². The van der Waals surface area contributed by atoms with Crippen LogP contribution in [0.3, 0.4) is 0 Å². The summed E-state index contributed by atoms with van der Waals surface area (Å²) in [6, 6.07) is 8.99. The number of aryl methyl sites for hydroxylation is 1. The van der Waals surface area contributed by atoms with Gasteiger partial charge in [0.05, 0.1) is 11.8 Å². The maximum atomic E-state index is 11.2. The summed E-state index contributed by atoms with van der Waals surface area (Å²) in [6.07, 6.45) is 0. The van der Waals surface area contributed by atoms with E-state index in [9.17, 15) is 8.42 Å². The van der Waals surface area contributed by atoms with E-state index in [-0.39, 0.29) is 12.4 Å². The Balaban J connectivity index is 2.45. The van der Waals surface area contributed by atoms with Crippen LogP contribution in [0.25, 0.3) is 0 Å². The lowest BCUT2D eigenvalue weighted by Crippen LogP contribution is -2.16. The summed E-state index contributed by atoms with van der Waals surface area (Å²) in [6.45, 7) is 2.01. The van der Waals surface area contributed by atoms with Crippen LogP contribution >= 0.6 is 0 Å². The number of nitrogens with zero attached hydrogens (tertiary/aromatic N) is 1. The molecule has 1 rings (SSSR count). The smallest absolute Gasteiger partial charge is 0.166 e. The van der Waals surface area contributed by atoms with Crippen molar-refractivity contribution in [1.29, 1.82) is 5.26 Å². The Hall–Kier alpha value is -1.54. The standard InChI is InChI=1S/C11H13NO3S/c1-10-3-2-4-11(9-10)15-6-8-16(13,14)7-5-12/h2-4,9H,6-8H2,1H3. The molecule has 0 spiro atoms. The molecule has 0 aliphatic carbocycles. The minimum absolute atomic E-state index is 0.0769. The molecule has 0 aliphatic heterocycles. The summed E-state index contributed by atoms with van der Waals surface area (Å²) < 4.78 is 27.7. The van der Waals surface area contributed by atoms with Gasteiger partial charge < -0.3 is 4.74 Å². The fourth-order valence-electron chi connectivity index (χ4n) is 1.16. The van der Waals surface area contributed by atoms with E-state index in [1.165, 1.54) is 0 Å². The van der Waals surface area contributed by atoms with Gasteiger partial charge in [0, 0.05) is 0 Å². The van der Waals surface area contributed by atoms with E-state index in [2.05, 4.69) is 0 Å². The number of nitriles is 1. The van der Waals surface area contributed by atoms with Gasteiger partial charge in [-0.1, -0.05) is 12.1 Å². The Bertz CT molecular complexity index is 488. The van der Waals surface area contributed by atoms with Crippen LogP contribution in [0.1, 0.15) is 5.56 Å². The predicted molar refractivity (Wildman–Crippen MR) is 60.9 cm³/mol. The zero-order valence-electron chi connectivity index (χ0n) is 9.01. The van der Waals surface area contributed by atoms with Crippen molar-refractivity contribution in [2.24, 2.45) is 0 Å². The molecule has 0 heterocycles. The van der Waals surface area contributed by atoms with Gasteiger partial charge in [0.2, 0.25) is 0 Å². The summed E-state index contributed by atoms with van der Waals surface area (Å²) in [5.41, 5.74) is 1.05. The quantitative estimate of drug-likeness (QED) is 0.777. The van der Waals surface area contributed by atoms with Gasteiger partial charge in [-0.15, -0.1) is 0 Å². The average Bonchev–Trinajstić information content (AvgIpc) is 2.17. The Kier molecular flexibility index (Phi) is 4.32. The van der Waals surface area contributed by atoms with Crippen LogP contribution in [0.2, 0.25) is 0 Å². The van der Waals surface area contributed by atoms with E-state index in [1.807, 2.05) is 25.1 Å². The number of benzene rings is 1. The Morgan fingerprint density at radius 1 is 1.44 bits per heavy atom. The van der Waals surface area contributed by atoms with Crippen LogP contribution in [0, 0.1) is 18.3 Å². The van der Waals surface area contributed by atoms with Crippen molar-refractivity contribution in [2.75, 3.05) is 18.1 Å². The minimum atomic E-state index is -3.30. The molecule has 0 saturated heterocycles. The monoisotopic (exact) mass is 239 g/mol. The van der Waals surface area contributed by atoms with Crippen LogP contribution in [0.5, 0.6) is 5.75 Å². The molecule has 0 unspecified atom stereocenters. The molecule has 4 nitrogen and oxygen atoms in total. The van der Waals surface area contributed by atoms with E-state index in [0.29, 0.717) is 5.75 Å². The van der Waals surface area contributed by atoms with Crippen molar-refractivity contribution in [3.05, 3.63) is 29.8 Å². The van der Waals surface area contributed by atoms with Gasteiger partial charge in [-0.3, -0.25) is 0 Å². The molecule has 86 valence electrons. The van der Waals surface area contributed by atoms with Gasteiger partial charge in [-0.25, -0.2) is 8.42 Å². The van der Waals surface area contributed by atoms with Crippen molar-refractivity contribution >= 4 is 9.84 Å². The highest BCUT2D eigenvalue weighted by molar-refractivity contribution is 7.91. The Morgan fingerprint density at radius 2 is 2.19 bits per heavy atom. The molecule has 0 saturated carbocycles. The van der Waals surface area contributed by atoms with Crippen LogP contribution in [0.4, 0.5) is 0 Å². The molecule has 0 bridgehead atoms. The highest BCUT2D eigenvalue weighted by atomic mass is 32.2. The molecule has 0 aromatic heterocycles. The fourth-order valence-corrected chi connectivity index (χ4v) is 1.84. The lowest BCUT2D eigenvalue weighted by molar-refractivity contribution is 0.341. The van der Waals surface area contributed by atoms with E-state index < -0.39 is 15.6 Å². The molecule has 0 aliphatic rings. The van der Waals surface area contributed by atoms with Crippen molar-refractivity contribution in [2.45, 2.75) is 6.92 Å². The van der Waals surface area contributed by atoms with Gasteiger partial charge in [0.15, 0.2) is 9.84 Å². The molecule has 5 heteroatoms. The largest absolute Gasteiger partial charge is 0.493 e. The summed E-state index contributed by atoms with van der Waals surface area (Å²) in [4.78, 5) is 0. The zero-order valence-corrected chi connectivity index (χ0v) is 9.83. The molecular weight excluding hydrogens is 226 g/mol. The van der Waals surface area contributed by atoms with Crippen LogP contribution in [-0.4, -0.2) is 26.5 Å². The first-order valence-electron chi connectivity index (χ1n) is 4.80. The zero-order chi connectivity index (χ0) is 12.0. The molecule has 0 radical (unpaired) electrons. The van der Waals surface area contributed by atoms with E-state index in [1.54, 1.807) is 12.1 Å².